The summed E-state index contributed by atoms with van der Waals surface area (Å²) in [4.78, 5) is 47.4. The lowest BCUT2D eigenvalue weighted by molar-refractivity contribution is -0.137. The van der Waals surface area contributed by atoms with Crippen LogP contribution in [0.3, 0.4) is 0 Å². The van der Waals surface area contributed by atoms with E-state index in [4.69, 9.17) is 17.5 Å². The number of nitrogens with one attached hydrogen (secondary N) is 3. The van der Waals surface area contributed by atoms with Crippen molar-refractivity contribution in [1.82, 2.24) is 20.9 Å². The summed E-state index contributed by atoms with van der Waals surface area (Å²) in [5, 5.41) is 17.8. The molecular formula is C36H38F4N8O3S. The summed E-state index contributed by atoms with van der Waals surface area (Å²) in [5.74, 6) is -2.41. The number of halogens is 4. The van der Waals surface area contributed by atoms with Crippen molar-refractivity contribution in [3.05, 3.63) is 82.9 Å². The lowest BCUT2D eigenvalue weighted by Crippen LogP contribution is -2.44. The Balaban J connectivity index is 1.08. The molecule has 0 atom stereocenters. The average Bonchev–Trinajstić information content (AvgIpc) is 3.30. The number of nitrogens with zero attached hydrogens (tertiary/aromatic N) is 5. The van der Waals surface area contributed by atoms with Crippen molar-refractivity contribution in [3.8, 4) is 6.07 Å². The summed E-state index contributed by atoms with van der Waals surface area (Å²) in [6.07, 6.45) is -0.196. The van der Waals surface area contributed by atoms with Crippen molar-refractivity contribution < 1.29 is 31.9 Å². The number of pyridine rings is 1. The number of benzene rings is 2. The molecule has 52 heavy (non-hydrogen) atoms. The predicted octanol–water partition coefficient (Wildman–Crippen LogP) is 5.16. The SMILES string of the molecule is CC1(C)C(=O)N(c2ccc(C#N)c(C(F)(F)F)c2)C(=S)N1c1ccc(C(=O)NCCCCCCNC(=O)c2ccc(N3CCNCC3)cn2)c(F)c1. The number of rotatable bonds is 12. The van der Waals surface area contributed by atoms with Crippen molar-refractivity contribution in [2.24, 2.45) is 0 Å². The number of anilines is 3. The van der Waals surface area contributed by atoms with Gasteiger partial charge in [0, 0.05) is 45.0 Å². The van der Waals surface area contributed by atoms with Gasteiger partial charge in [0.15, 0.2) is 5.11 Å². The topological polar surface area (TPSA) is 134 Å². The van der Waals surface area contributed by atoms with Crippen LogP contribution in [0.25, 0.3) is 0 Å². The Bertz CT molecular complexity index is 1870. The second-order valence-corrected chi connectivity index (χ2v) is 13.3. The number of amides is 3. The number of aromatic nitrogens is 1. The molecule has 3 amide bonds. The van der Waals surface area contributed by atoms with Crippen LogP contribution in [0.5, 0.6) is 0 Å². The Morgan fingerprint density at radius 2 is 1.58 bits per heavy atom. The van der Waals surface area contributed by atoms with E-state index in [1.54, 1.807) is 12.3 Å². The lowest BCUT2D eigenvalue weighted by Gasteiger charge is -2.29. The first-order chi connectivity index (χ1) is 24.7. The highest BCUT2D eigenvalue weighted by Crippen LogP contribution is 2.40. The van der Waals surface area contributed by atoms with Crippen LogP contribution in [0, 0.1) is 17.1 Å². The number of unbranched alkanes of at least 4 members (excludes halogenated alkanes) is 3. The molecule has 2 aliphatic rings. The van der Waals surface area contributed by atoms with Gasteiger partial charge >= 0.3 is 6.18 Å². The minimum absolute atomic E-state index is 0.125. The van der Waals surface area contributed by atoms with E-state index in [-0.39, 0.29) is 28.0 Å². The van der Waals surface area contributed by atoms with Gasteiger partial charge < -0.3 is 25.8 Å². The van der Waals surface area contributed by atoms with Crippen LogP contribution in [-0.2, 0) is 11.0 Å². The van der Waals surface area contributed by atoms with Gasteiger partial charge in [0.05, 0.1) is 40.3 Å². The maximum absolute atomic E-state index is 15.3. The van der Waals surface area contributed by atoms with Gasteiger partial charge in [-0.15, -0.1) is 0 Å². The first-order valence-corrected chi connectivity index (χ1v) is 17.2. The Morgan fingerprint density at radius 1 is 0.942 bits per heavy atom. The van der Waals surface area contributed by atoms with E-state index in [1.807, 2.05) is 6.07 Å². The summed E-state index contributed by atoms with van der Waals surface area (Å²) in [5.41, 5.74) is -2.20. The summed E-state index contributed by atoms with van der Waals surface area (Å²) in [6, 6.07) is 11.7. The quantitative estimate of drug-likeness (QED) is 0.131. The zero-order valence-electron chi connectivity index (χ0n) is 28.6. The fourth-order valence-corrected chi connectivity index (χ4v) is 6.63. The Kier molecular flexibility index (Phi) is 11.8. The molecule has 0 aliphatic carbocycles. The van der Waals surface area contributed by atoms with E-state index in [0.717, 1.165) is 68.2 Å². The first kappa shape index (κ1) is 38.1. The van der Waals surface area contributed by atoms with Crippen LogP contribution in [-0.4, -0.2) is 72.6 Å². The van der Waals surface area contributed by atoms with E-state index < -0.39 is 40.5 Å². The number of hydrogen-bond donors (Lipinski definition) is 3. The highest BCUT2D eigenvalue weighted by molar-refractivity contribution is 7.81. The molecule has 16 heteroatoms. The van der Waals surface area contributed by atoms with Crippen LogP contribution in [0.4, 0.5) is 34.6 Å². The van der Waals surface area contributed by atoms with E-state index in [0.29, 0.717) is 31.3 Å². The summed E-state index contributed by atoms with van der Waals surface area (Å²) in [7, 11) is 0. The molecular weight excluding hydrogens is 701 g/mol. The largest absolute Gasteiger partial charge is 0.417 e. The third kappa shape index (κ3) is 8.32. The van der Waals surface area contributed by atoms with Gasteiger partial charge in [0.25, 0.3) is 17.7 Å². The fraction of sp³-hybridized carbons (Fsp3) is 0.389. The minimum atomic E-state index is -4.85. The first-order valence-electron chi connectivity index (χ1n) is 16.8. The van der Waals surface area contributed by atoms with Gasteiger partial charge in [-0.2, -0.15) is 18.4 Å². The van der Waals surface area contributed by atoms with Gasteiger partial charge in [0.1, 0.15) is 17.1 Å². The molecule has 0 unspecified atom stereocenters. The van der Waals surface area contributed by atoms with Gasteiger partial charge in [0.2, 0.25) is 0 Å². The fourth-order valence-electron chi connectivity index (χ4n) is 6.11. The zero-order chi connectivity index (χ0) is 37.6. The maximum atomic E-state index is 15.3. The van der Waals surface area contributed by atoms with Gasteiger partial charge in [-0.25, -0.2) is 9.37 Å². The monoisotopic (exact) mass is 738 g/mol. The van der Waals surface area contributed by atoms with Crippen molar-refractivity contribution in [3.63, 3.8) is 0 Å². The van der Waals surface area contributed by atoms with Crippen LogP contribution >= 0.6 is 12.2 Å². The van der Waals surface area contributed by atoms with Crippen LogP contribution in [0.15, 0.2) is 54.7 Å². The van der Waals surface area contributed by atoms with Crippen molar-refractivity contribution in [2.45, 2.75) is 51.2 Å². The Hall–Kier alpha value is -5.14. The number of alkyl halides is 3. The van der Waals surface area contributed by atoms with Gasteiger partial charge in [-0.1, -0.05) is 12.8 Å². The summed E-state index contributed by atoms with van der Waals surface area (Å²) in [6.45, 7) is 7.37. The molecule has 2 aromatic carbocycles. The van der Waals surface area contributed by atoms with E-state index in [9.17, 15) is 27.6 Å². The molecule has 5 rings (SSSR count). The molecule has 2 saturated heterocycles. The smallest absolute Gasteiger partial charge is 0.368 e. The molecule has 0 radical (unpaired) electrons. The van der Waals surface area contributed by atoms with Crippen molar-refractivity contribution in [2.75, 3.05) is 54.0 Å². The van der Waals surface area contributed by atoms with E-state index >= 15 is 4.39 Å². The maximum Gasteiger partial charge on any atom is 0.417 e. The van der Waals surface area contributed by atoms with Crippen LogP contribution in [0.2, 0.25) is 0 Å². The van der Waals surface area contributed by atoms with Crippen LogP contribution < -0.4 is 30.7 Å². The van der Waals surface area contributed by atoms with Gasteiger partial charge in [-0.05, 0) is 87.4 Å². The highest BCUT2D eigenvalue weighted by atomic mass is 32.1. The van der Waals surface area contributed by atoms with Crippen molar-refractivity contribution in [1.29, 1.82) is 5.26 Å². The van der Waals surface area contributed by atoms with Crippen molar-refractivity contribution >= 4 is 52.1 Å². The lowest BCUT2D eigenvalue weighted by atomic mass is 10.0. The number of carbonyl (C=O) groups excluding carboxylic acids is 3. The summed E-state index contributed by atoms with van der Waals surface area (Å²) >= 11 is 5.50. The molecule has 0 saturated carbocycles. The van der Waals surface area contributed by atoms with E-state index in [1.165, 1.54) is 43.0 Å². The number of thiocarbonyl (C=S) groups is 1. The average molecular weight is 739 g/mol. The molecule has 0 spiro atoms. The number of nitriles is 1. The predicted molar refractivity (Wildman–Crippen MR) is 192 cm³/mol. The minimum Gasteiger partial charge on any atom is -0.368 e. The standard InChI is InChI=1S/C36H38F4N8O3S/c1-35(2)33(51)47(24-8-7-23(21-41)28(19-24)36(38,39)40)34(52)48(35)25-9-11-27(29(37)20-25)31(49)43-13-5-3-4-6-14-44-32(50)30-12-10-26(22-45-30)46-17-15-42-16-18-46/h7-12,19-20,22,42H,3-6,13-18H2,1-2H3,(H,43,49)(H,44,50). The molecule has 3 heterocycles. The summed E-state index contributed by atoms with van der Waals surface area (Å²) < 4.78 is 56.2. The number of hydrogen-bond acceptors (Lipinski definition) is 8. The molecule has 3 N–H and O–H groups in total. The number of carbonyl (C=O) groups is 3. The van der Waals surface area contributed by atoms with E-state index in [2.05, 4.69) is 25.8 Å². The second-order valence-electron chi connectivity index (χ2n) is 12.9. The molecule has 3 aromatic rings. The molecule has 1 aromatic heterocycles. The third-order valence-corrected chi connectivity index (χ3v) is 9.31. The normalized spacial score (nSPS) is 15.8. The molecule has 2 fully saturated rings. The molecule has 2 aliphatic heterocycles. The van der Waals surface area contributed by atoms with Crippen LogP contribution in [0.1, 0.15) is 71.5 Å². The molecule has 0 bridgehead atoms. The third-order valence-electron chi connectivity index (χ3n) is 8.95. The highest BCUT2D eigenvalue weighted by Gasteiger charge is 2.51. The van der Waals surface area contributed by atoms with Gasteiger partial charge in [-0.3, -0.25) is 19.3 Å². The zero-order valence-corrected chi connectivity index (χ0v) is 29.5. The Labute approximate surface area is 304 Å². The molecule has 11 nitrogen and oxygen atoms in total. The second kappa shape index (κ2) is 16.0. The Morgan fingerprint density at radius 3 is 2.17 bits per heavy atom. The number of piperazine rings is 1. The molecule has 274 valence electrons.